The summed E-state index contributed by atoms with van der Waals surface area (Å²) < 4.78 is 13.6. The molecular formula is C16H14BrFN2O. The third kappa shape index (κ3) is 2.78. The molecular weight excluding hydrogens is 335 g/mol. The molecule has 5 heteroatoms. The van der Waals surface area contributed by atoms with Gasteiger partial charge in [-0.2, -0.15) is 0 Å². The molecule has 1 N–H and O–H groups in total. The Balaban J connectivity index is 1.99. The molecule has 0 saturated carbocycles. The van der Waals surface area contributed by atoms with E-state index in [-0.39, 0.29) is 11.7 Å². The zero-order valence-corrected chi connectivity index (χ0v) is 12.9. The molecule has 0 aromatic heterocycles. The summed E-state index contributed by atoms with van der Waals surface area (Å²) in [4.78, 5) is 14.5. The first kappa shape index (κ1) is 14.1. The van der Waals surface area contributed by atoms with Crippen LogP contribution >= 0.6 is 15.9 Å². The Morgan fingerprint density at radius 1 is 1.24 bits per heavy atom. The van der Waals surface area contributed by atoms with Gasteiger partial charge in [0.05, 0.1) is 15.8 Å². The van der Waals surface area contributed by atoms with E-state index in [9.17, 15) is 9.18 Å². The second-order valence-electron chi connectivity index (χ2n) is 4.88. The van der Waals surface area contributed by atoms with Crippen LogP contribution in [-0.4, -0.2) is 19.0 Å². The smallest absolute Gasteiger partial charge is 0.258 e. The van der Waals surface area contributed by atoms with Crippen LogP contribution in [-0.2, 0) is 0 Å². The highest BCUT2D eigenvalue weighted by molar-refractivity contribution is 9.10. The van der Waals surface area contributed by atoms with E-state index in [0.717, 1.165) is 24.3 Å². The molecule has 1 aliphatic heterocycles. The molecule has 3 rings (SSSR count). The Hall–Kier alpha value is -1.88. The van der Waals surface area contributed by atoms with Gasteiger partial charge in [-0.15, -0.1) is 0 Å². The van der Waals surface area contributed by atoms with Crippen LogP contribution in [0.5, 0.6) is 0 Å². The molecule has 0 saturated heterocycles. The molecule has 3 nitrogen and oxygen atoms in total. The lowest BCUT2D eigenvalue weighted by molar-refractivity contribution is 0.0987. The summed E-state index contributed by atoms with van der Waals surface area (Å²) >= 11 is 3.13. The molecule has 0 fully saturated rings. The van der Waals surface area contributed by atoms with Crippen molar-refractivity contribution in [3.8, 4) is 0 Å². The van der Waals surface area contributed by atoms with E-state index in [1.54, 1.807) is 4.90 Å². The molecule has 0 unspecified atom stereocenters. The van der Waals surface area contributed by atoms with Gasteiger partial charge in [0.15, 0.2) is 0 Å². The number of hydrogen-bond donors (Lipinski definition) is 1. The lowest BCUT2D eigenvalue weighted by Gasteiger charge is -2.22. The third-order valence-corrected chi connectivity index (χ3v) is 4.09. The summed E-state index contributed by atoms with van der Waals surface area (Å²) in [5.74, 6) is -0.490. The predicted octanol–water partition coefficient (Wildman–Crippen LogP) is 4.05. The topological polar surface area (TPSA) is 32.3 Å². The summed E-state index contributed by atoms with van der Waals surface area (Å²) in [6.45, 7) is 1.46. The SMILES string of the molecule is O=C(c1ccc(F)c(Br)c1)N1CCCNc2ccccc21. The second-order valence-corrected chi connectivity index (χ2v) is 5.74. The largest absolute Gasteiger partial charge is 0.383 e. The molecule has 1 amide bonds. The minimum Gasteiger partial charge on any atom is -0.383 e. The number of rotatable bonds is 1. The van der Waals surface area contributed by atoms with Crippen molar-refractivity contribution in [1.82, 2.24) is 0 Å². The molecule has 1 aliphatic rings. The van der Waals surface area contributed by atoms with Crippen LogP contribution in [0.4, 0.5) is 15.8 Å². The van der Waals surface area contributed by atoms with Gasteiger partial charge < -0.3 is 10.2 Å². The van der Waals surface area contributed by atoms with Crippen molar-refractivity contribution < 1.29 is 9.18 Å². The van der Waals surface area contributed by atoms with E-state index in [4.69, 9.17) is 0 Å². The highest BCUT2D eigenvalue weighted by Gasteiger charge is 2.22. The quantitative estimate of drug-likeness (QED) is 0.843. The molecule has 21 heavy (non-hydrogen) atoms. The number of halogens is 2. The van der Waals surface area contributed by atoms with Gasteiger partial charge in [-0.3, -0.25) is 4.79 Å². The number of anilines is 2. The van der Waals surface area contributed by atoms with Crippen molar-refractivity contribution in [3.05, 3.63) is 58.3 Å². The summed E-state index contributed by atoms with van der Waals surface area (Å²) in [7, 11) is 0. The standard InChI is InChI=1S/C16H14BrFN2O/c17-12-10-11(6-7-13(12)18)16(21)20-9-3-8-19-14-4-1-2-5-15(14)20/h1-2,4-7,10,19H,3,8-9H2. The summed E-state index contributed by atoms with van der Waals surface area (Å²) in [6.07, 6.45) is 0.864. The van der Waals surface area contributed by atoms with Crippen molar-refractivity contribution in [2.75, 3.05) is 23.3 Å². The Morgan fingerprint density at radius 2 is 2.05 bits per heavy atom. The Kier molecular flexibility index (Phi) is 3.92. The monoisotopic (exact) mass is 348 g/mol. The maximum absolute atomic E-state index is 13.3. The van der Waals surface area contributed by atoms with E-state index in [0.29, 0.717) is 16.6 Å². The van der Waals surface area contributed by atoms with E-state index in [1.165, 1.54) is 18.2 Å². The first-order chi connectivity index (χ1) is 10.2. The van der Waals surface area contributed by atoms with E-state index in [2.05, 4.69) is 21.2 Å². The van der Waals surface area contributed by atoms with Gasteiger partial charge in [-0.05, 0) is 52.7 Å². The summed E-state index contributed by atoms with van der Waals surface area (Å²) in [5.41, 5.74) is 2.28. The van der Waals surface area contributed by atoms with Gasteiger partial charge >= 0.3 is 0 Å². The van der Waals surface area contributed by atoms with Gasteiger partial charge in [0.2, 0.25) is 0 Å². The first-order valence-corrected chi connectivity index (χ1v) is 7.56. The Morgan fingerprint density at radius 3 is 2.86 bits per heavy atom. The number of carbonyl (C=O) groups is 1. The molecule has 2 aromatic carbocycles. The Labute approximate surface area is 130 Å². The van der Waals surface area contributed by atoms with Crippen LogP contribution in [0.15, 0.2) is 46.9 Å². The van der Waals surface area contributed by atoms with Crippen LogP contribution in [0.1, 0.15) is 16.8 Å². The first-order valence-electron chi connectivity index (χ1n) is 6.76. The van der Waals surface area contributed by atoms with E-state index in [1.807, 2.05) is 24.3 Å². The van der Waals surface area contributed by atoms with Gasteiger partial charge in [0.25, 0.3) is 5.91 Å². The number of fused-ring (bicyclic) bond motifs is 1. The van der Waals surface area contributed by atoms with Crippen molar-refractivity contribution in [2.24, 2.45) is 0 Å². The van der Waals surface area contributed by atoms with Crippen molar-refractivity contribution in [1.29, 1.82) is 0 Å². The van der Waals surface area contributed by atoms with Gasteiger partial charge in [-0.25, -0.2) is 4.39 Å². The zero-order chi connectivity index (χ0) is 14.8. The fraction of sp³-hybridized carbons (Fsp3) is 0.188. The van der Waals surface area contributed by atoms with Crippen LogP contribution < -0.4 is 10.2 Å². The van der Waals surface area contributed by atoms with Gasteiger partial charge in [0, 0.05) is 18.7 Å². The van der Waals surface area contributed by atoms with Crippen LogP contribution in [0.2, 0.25) is 0 Å². The number of carbonyl (C=O) groups excluding carboxylic acids is 1. The number of benzene rings is 2. The molecule has 0 bridgehead atoms. The zero-order valence-electron chi connectivity index (χ0n) is 11.3. The lowest BCUT2D eigenvalue weighted by Crippen LogP contribution is -2.31. The van der Waals surface area contributed by atoms with E-state index < -0.39 is 0 Å². The number of nitrogens with zero attached hydrogens (tertiary/aromatic N) is 1. The highest BCUT2D eigenvalue weighted by atomic mass is 79.9. The fourth-order valence-corrected chi connectivity index (χ4v) is 2.81. The highest BCUT2D eigenvalue weighted by Crippen LogP contribution is 2.29. The molecule has 1 heterocycles. The number of para-hydroxylation sites is 2. The molecule has 0 aliphatic carbocycles. The van der Waals surface area contributed by atoms with Crippen molar-refractivity contribution in [2.45, 2.75) is 6.42 Å². The minimum atomic E-state index is -0.371. The van der Waals surface area contributed by atoms with Crippen LogP contribution in [0, 0.1) is 5.82 Å². The summed E-state index contributed by atoms with van der Waals surface area (Å²) in [5, 5.41) is 3.32. The molecule has 0 spiro atoms. The van der Waals surface area contributed by atoms with Crippen LogP contribution in [0.3, 0.4) is 0 Å². The average molecular weight is 349 g/mol. The van der Waals surface area contributed by atoms with Gasteiger partial charge in [0.1, 0.15) is 5.82 Å². The number of hydrogen-bond acceptors (Lipinski definition) is 2. The molecule has 0 radical (unpaired) electrons. The van der Waals surface area contributed by atoms with Gasteiger partial charge in [-0.1, -0.05) is 12.1 Å². The average Bonchev–Trinajstić information content (AvgIpc) is 2.71. The summed E-state index contributed by atoms with van der Waals surface area (Å²) in [6, 6.07) is 12.1. The maximum atomic E-state index is 13.3. The number of amides is 1. The number of nitrogens with one attached hydrogen (secondary N) is 1. The fourth-order valence-electron chi connectivity index (χ4n) is 2.44. The van der Waals surface area contributed by atoms with Crippen molar-refractivity contribution >= 4 is 33.2 Å². The maximum Gasteiger partial charge on any atom is 0.258 e. The van der Waals surface area contributed by atoms with E-state index >= 15 is 0 Å². The van der Waals surface area contributed by atoms with Crippen molar-refractivity contribution in [3.63, 3.8) is 0 Å². The second kappa shape index (κ2) is 5.85. The van der Waals surface area contributed by atoms with Crippen LogP contribution in [0.25, 0.3) is 0 Å². The Bertz CT molecular complexity index is 690. The molecule has 2 aromatic rings. The molecule has 108 valence electrons. The minimum absolute atomic E-state index is 0.119. The third-order valence-electron chi connectivity index (χ3n) is 3.48. The predicted molar refractivity (Wildman–Crippen MR) is 85.3 cm³/mol. The lowest BCUT2D eigenvalue weighted by atomic mass is 10.1. The molecule has 0 atom stereocenters. The normalized spacial score (nSPS) is 14.1.